The summed E-state index contributed by atoms with van der Waals surface area (Å²) in [5.74, 6) is -0.00942. The molecule has 1 amide bonds. The molecule has 0 radical (unpaired) electrons. The first kappa shape index (κ1) is 16.8. The van der Waals surface area contributed by atoms with Crippen molar-refractivity contribution in [1.29, 1.82) is 0 Å². The molecule has 0 atom stereocenters. The van der Waals surface area contributed by atoms with Crippen LogP contribution in [-0.4, -0.2) is 21.8 Å². The monoisotopic (exact) mass is 348 g/mol. The molecular weight excluding hydrogens is 324 g/mol. The Kier molecular flexibility index (Phi) is 4.71. The second-order valence-electron chi connectivity index (χ2n) is 6.94. The average Bonchev–Trinajstić information content (AvgIpc) is 3.09. The maximum atomic E-state index is 11.9. The number of nitrogens with one attached hydrogen (secondary N) is 1. The molecule has 0 unspecified atom stereocenters. The fraction of sp³-hybridized carbons (Fsp3) is 0.333. The van der Waals surface area contributed by atoms with E-state index >= 15 is 0 Å². The van der Waals surface area contributed by atoms with E-state index < -0.39 is 0 Å². The van der Waals surface area contributed by atoms with E-state index in [1.165, 1.54) is 30.4 Å². The Morgan fingerprint density at radius 1 is 1.12 bits per heavy atom. The van der Waals surface area contributed by atoms with Crippen molar-refractivity contribution in [2.24, 2.45) is 5.73 Å². The van der Waals surface area contributed by atoms with Crippen molar-refractivity contribution in [1.82, 2.24) is 9.38 Å². The number of aryl methyl sites for hydroxylation is 2. The van der Waals surface area contributed by atoms with Gasteiger partial charge in [0, 0.05) is 24.4 Å². The third-order valence-corrected chi connectivity index (χ3v) is 4.99. The van der Waals surface area contributed by atoms with E-state index in [0.29, 0.717) is 19.4 Å². The number of carbonyl (C=O) groups excluding carboxylic acids is 1. The third-order valence-electron chi connectivity index (χ3n) is 4.99. The van der Waals surface area contributed by atoms with Gasteiger partial charge in [0.1, 0.15) is 5.65 Å². The summed E-state index contributed by atoms with van der Waals surface area (Å²) in [4.78, 5) is 16.6. The van der Waals surface area contributed by atoms with Gasteiger partial charge in [-0.05, 0) is 68.0 Å². The number of rotatable bonds is 5. The number of nitrogens with two attached hydrogens (primary N) is 1. The lowest BCUT2D eigenvalue weighted by atomic mass is 9.90. The zero-order valence-corrected chi connectivity index (χ0v) is 14.9. The van der Waals surface area contributed by atoms with Crippen molar-refractivity contribution in [3.63, 3.8) is 0 Å². The zero-order chi connectivity index (χ0) is 17.9. The van der Waals surface area contributed by atoms with Crippen LogP contribution in [0, 0.1) is 0 Å². The lowest BCUT2D eigenvalue weighted by Crippen LogP contribution is -2.13. The molecular formula is C21H24N4O. The number of hydrogen-bond acceptors (Lipinski definition) is 3. The van der Waals surface area contributed by atoms with Crippen molar-refractivity contribution in [3.8, 4) is 11.3 Å². The van der Waals surface area contributed by atoms with Crippen molar-refractivity contribution in [2.45, 2.75) is 38.5 Å². The summed E-state index contributed by atoms with van der Waals surface area (Å²) in [6.45, 7) is 0.526. The smallest absolute Gasteiger partial charge is 0.224 e. The second-order valence-corrected chi connectivity index (χ2v) is 6.94. The van der Waals surface area contributed by atoms with Crippen LogP contribution in [0.25, 0.3) is 16.9 Å². The Balaban J connectivity index is 1.58. The van der Waals surface area contributed by atoms with Crippen molar-refractivity contribution in [3.05, 3.63) is 53.9 Å². The summed E-state index contributed by atoms with van der Waals surface area (Å²) >= 11 is 0. The predicted molar refractivity (Wildman–Crippen MR) is 104 cm³/mol. The van der Waals surface area contributed by atoms with Gasteiger partial charge < -0.3 is 15.5 Å². The molecule has 5 nitrogen and oxygen atoms in total. The lowest BCUT2D eigenvalue weighted by Gasteiger charge is -2.15. The third kappa shape index (κ3) is 3.48. The highest BCUT2D eigenvalue weighted by Gasteiger charge is 2.12. The van der Waals surface area contributed by atoms with Crippen LogP contribution in [0.2, 0.25) is 0 Å². The number of benzene rings is 1. The molecule has 1 aromatic carbocycles. The van der Waals surface area contributed by atoms with Gasteiger partial charge in [0.25, 0.3) is 0 Å². The molecule has 0 bridgehead atoms. The molecule has 1 aliphatic carbocycles. The number of imidazole rings is 1. The highest BCUT2D eigenvalue weighted by Crippen LogP contribution is 2.27. The van der Waals surface area contributed by atoms with Gasteiger partial charge in [-0.2, -0.15) is 0 Å². The SMILES string of the molecule is NCCCC(=O)Nc1ccc2nc(-c3ccc4c(c3)CCCC4)cn2c1. The maximum Gasteiger partial charge on any atom is 0.224 e. The fourth-order valence-corrected chi connectivity index (χ4v) is 3.58. The van der Waals surface area contributed by atoms with E-state index in [1.54, 1.807) is 0 Å². The summed E-state index contributed by atoms with van der Waals surface area (Å²) in [6, 6.07) is 10.5. The molecule has 3 N–H and O–H groups in total. The Bertz CT molecular complexity index is 944. The highest BCUT2D eigenvalue weighted by molar-refractivity contribution is 5.90. The number of aromatic nitrogens is 2. The Morgan fingerprint density at radius 2 is 1.96 bits per heavy atom. The van der Waals surface area contributed by atoms with Crippen LogP contribution in [0.4, 0.5) is 5.69 Å². The van der Waals surface area contributed by atoms with Crippen LogP contribution in [0.3, 0.4) is 0 Å². The van der Waals surface area contributed by atoms with Crippen LogP contribution >= 0.6 is 0 Å². The molecule has 134 valence electrons. The van der Waals surface area contributed by atoms with E-state index in [-0.39, 0.29) is 5.91 Å². The molecule has 1 aliphatic rings. The highest BCUT2D eigenvalue weighted by atomic mass is 16.1. The minimum absolute atomic E-state index is 0.00942. The zero-order valence-electron chi connectivity index (χ0n) is 14.9. The molecule has 0 saturated carbocycles. The standard InChI is InChI=1S/C21H24N4O/c22-11-3-6-21(26)23-18-9-10-20-24-19(14-25(20)13-18)17-8-7-15-4-1-2-5-16(15)12-17/h7-10,12-14H,1-6,11,22H2,(H,23,26). The van der Waals surface area contributed by atoms with E-state index in [0.717, 1.165) is 29.0 Å². The van der Waals surface area contributed by atoms with Crippen LogP contribution in [0.5, 0.6) is 0 Å². The predicted octanol–water partition coefficient (Wildman–Crippen LogP) is 3.56. The van der Waals surface area contributed by atoms with Gasteiger partial charge in [0.15, 0.2) is 0 Å². The molecule has 2 aromatic heterocycles. The van der Waals surface area contributed by atoms with Gasteiger partial charge >= 0.3 is 0 Å². The van der Waals surface area contributed by atoms with Gasteiger partial charge in [0.05, 0.1) is 11.4 Å². The quantitative estimate of drug-likeness (QED) is 0.740. The summed E-state index contributed by atoms with van der Waals surface area (Å²) in [5.41, 5.74) is 12.2. The maximum absolute atomic E-state index is 11.9. The molecule has 5 heteroatoms. The molecule has 26 heavy (non-hydrogen) atoms. The molecule has 2 heterocycles. The molecule has 0 spiro atoms. The van der Waals surface area contributed by atoms with Crippen LogP contribution in [0.15, 0.2) is 42.7 Å². The molecule has 0 aliphatic heterocycles. The Labute approximate surface area is 153 Å². The van der Waals surface area contributed by atoms with Crippen LogP contribution in [0.1, 0.15) is 36.8 Å². The van der Waals surface area contributed by atoms with Gasteiger partial charge in [-0.3, -0.25) is 4.79 Å². The first-order chi connectivity index (χ1) is 12.7. The number of anilines is 1. The minimum Gasteiger partial charge on any atom is -0.330 e. The Hall–Kier alpha value is -2.66. The number of pyridine rings is 1. The van der Waals surface area contributed by atoms with Gasteiger partial charge in [-0.15, -0.1) is 0 Å². The molecule has 3 aromatic rings. The topological polar surface area (TPSA) is 72.4 Å². The lowest BCUT2D eigenvalue weighted by molar-refractivity contribution is -0.116. The van der Waals surface area contributed by atoms with Crippen molar-refractivity contribution >= 4 is 17.2 Å². The first-order valence-corrected chi connectivity index (χ1v) is 9.34. The molecule has 0 saturated heterocycles. The number of nitrogens with zero attached hydrogens (tertiary/aromatic N) is 2. The number of fused-ring (bicyclic) bond motifs is 2. The van der Waals surface area contributed by atoms with Crippen LogP contribution < -0.4 is 11.1 Å². The fourth-order valence-electron chi connectivity index (χ4n) is 3.58. The van der Waals surface area contributed by atoms with Gasteiger partial charge in [-0.1, -0.05) is 12.1 Å². The summed E-state index contributed by atoms with van der Waals surface area (Å²) in [7, 11) is 0. The Morgan fingerprint density at radius 3 is 2.81 bits per heavy atom. The second kappa shape index (κ2) is 7.30. The van der Waals surface area contributed by atoms with E-state index in [4.69, 9.17) is 10.7 Å². The van der Waals surface area contributed by atoms with Crippen molar-refractivity contribution in [2.75, 3.05) is 11.9 Å². The summed E-state index contributed by atoms with van der Waals surface area (Å²) < 4.78 is 1.97. The van der Waals surface area contributed by atoms with E-state index in [9.17, 15) is 4.79 Å². The average molecular weight is 348 g/mol. The molecule has 0 fully saturated rings. The summed E-state index contributed by atoms with van der Waals surface area (Å²) in [5, 5.41) is 2.92. The summed E-state index contributed by atoms with van der Waals surface area (Å²) in [6.07, 6.45) is 9.99. The van der Waals surface area contributed by atoms with Gasteiger partial charge in [0.2, 0.25) is 5.91 Å². The molecule has 4 rings (SSSR count). The number of hydrogen-bond donors (Lipinski definition) is 2. The first-order valence-electron chi connectivity index (χ1n) is 9.34. The van der Waals surface area contributed by atoms with E-state index in [2.05, 4.69) is 23.5 Å². The van der Waals surface area contributed by atoms with Gasteiger partial charge in [-0.25, -0.2) is 4.98 Å². The van der Waals surface area contributed by atoms with Crippen molar-refractivity contribution < 1.29 is 4.79 Å². The largest absolute Gasteiger partial charge is 0.330 e. The number of carbonyl (C=O) groups is 1. The van der Waals surface area contributed by atoms with E-state index in [1.807, 2.05) is 28.9 Å². The normalized spacial score (nSPS) is 13.6. The number of amides is 1. The van der Waals surface area contributed by atoms with Crippen LogP contribution in [-0.2, 0) is 17.6 Å². The minimum atomic E-state index is -0.00942.